The van der Waals surface area contributed by atoms with Gasteiger partial charge in [-0.3, -0.25) is 14.4 Å². The second-order valence-corrected chi connectivity index (χ2v) is 28.4. The summed E-state index contributed by atoms with van der Waals surface area (Å²) >= 11 is 0. The van der Waals surface area contributed by atoms with Gasteiger partial charge in [-0.15, -0.1) is 0 Å². The van der Waals surface area contributed by atoms with Crippen molar-refractivity contribution >= 4 is 35.6 Å². The molecule has 0 spiro atoms. The van der Waals surface area contributed by atoms with Crippen LogP contribution < -0.4 is 0 Å². The van der Waals surface area contributed by atoms with Crippen molar-refractivity contribution in [2.75, 3.05) is 46.1 Å². The summed E-state index contributed by atoms with van der Waals surface area (Å²) in [6.07, 6.45) is 50.8. The van der Waals surface area contributed by atoms with Crippen molar-refractivity contribution in [3.8, 4) is 0 Å². The zero-order chi connectivity index (χ0) is 65.4. The third-order valence-electron chi connectivity index (χ3n) is 20.8. The highest BCUT2D eigenvalue weighted by Crippen LogP contribution is 2.34. The van der Waals surface area contributed by atoms with Crippen LogP contribution in [0.1, 0.15) is 329 Å². The van der Waals surface area contributed by atoms with Gasteiger partial charge >= 0.3 is 17.9 Å². The molecule has 0 aliphatic carbocycles. The minimum absolute atomic E-state index is 0.0379. The molecule has 7 heterocycles. The number of likely N-dealkylation sites (tertiary alicyclic amines) is 3. The van der Waals surface area contributed by atoms with E-state index in [-0.39, 0.29) is 50.1 Å². The van der Waals surface area contributed by atoms with Gasteiger partial charge in [-0.1, -0.05) is 252 Å². The zero-order valence-electron chi connectivity index (χ0n) is 58.3. The molecule has 0 aromatic heterocycles. The largest absolute Gasteiger partial charge is 0.455 e. The average molecular weight is 1300 g/mol. The quantitative estimate of drug-likeness (QED) is 0.0343. The lowest BCUT2D eigenvalue weighted by Crippen LogP contribution is -2.45. The van der Waals surface area contributed by atoms with Crippen LogP contribution in [0, 0.1) is 0 Å². The minimum Gasteiger partial charge on any atom is -0.455 e. The lowest BCUT2D eigenvalue weighted by molar-refractivity contribution is -0.164. The van der Waals surface area contributed by atoms with Crippen LogP contribution >= 0.6 is 0 Å². The molecule has 0 saturated carbocycles. The lowest BCUT2D eigenvalue weighted by atomic mass is 10.0. The SMILES string of the molecule is CCCCCCCCCCCCCCCC(=O)N1CCCC1C(=O)OC1COC2C(O)COC12.CCCCCCCCCCCCCCCC(=O)N1CCCC1C(=O)OC1COC2C(OC(=O)C3CCCN3C(=O)CCCCCCCCCCCCCCC)COC12. The Labute approximate surface area is 557 Å². The van der Waals surface area contributed by atoms with Crippen LogP contribution in [0.4, 0.5) is 0 Å². The van der Waals surface area contributed by atoms with Crippen molar-refractivity contribution in [1.29, 1.82) is 0 Å². The molecule has 0 aromatic carbocycles. The Bertz CT molecular complexity index is 1960. The molecule has 11 atom stereocenters. The molecule has 0 radical (unpaired) electrons. The third-order valence-corrected chi connectivity index (χ3v) is 20.8. The summed E-state index contributed by atoms with van der Waals surface area (Å²) in [5, 5.41) is 9.85. The van der Waals surface area contributed by atoms with Crippen molar-refractivity contribution in [3.05, 3.63) is 0 Å². The van der Waals surface area contributed by atoms with E-state index in [2.05, 4.69) is 20.8 Å². The zero-order valence-corrected chi connectivity index (χ0v) is 58.3. The molecule has 3 amide bonds. The molecule has 0 bridgehead atoms. The highest BCUT2D eigenvalue weighted by molar-refractivity contribution is 5.87. The van der Waals surface area contributed by atoms with Gasteiger partial charge in [-0.25, -0.2) is 14.4 Å². The van der Waals surface area contributed by atoms with Gasteiger partial charge in [0.15, 0.2) is 18.3 Å². The van der Waals surface area contributed by atoms with Gasteiger partial charge in [0.1, 0.15) is 48.6 Å². The summed E-state index contributed by atoms with van der Waals surface area (Å²) < 4.78 is 40.6. The van der Waals surface area contributed by atoms with E-state index in [0.29, 0.717) is 58.2 Å². The van der Waals surface area contributed by atoms with Crippen LogP contribution in [0.15, 0.2) is 0 Å². The van der Waals surface area contributed by atoms with Crippen molar-refractivity contribution in [2.45, 2.75) is 396 Å². The van der Waals surface area contributed by atoms with Gasteiger partial charge < -0.3 is 53.0 Å². The first-order valence-electron chi connectivity index (χ1n) is 38.7. The number of esters is 3. The molecular formula is C75H131N3O14. The smallest absolute Gasteiger partial charge is 0.329 e. The molecule has 7 fully saturated rings. The first kappa shape index (κ1) is 77.6. The Kier molecular flexibility index (Phi) is 39.4. The Hall–Kier alpha value is -3.38. The monoisotopic (exact) mass is 1300 g/mol. The molecule has 11 unspecified atom stereocenters. The normalized spacial score (nSPS) is 25.7. The van der Waals surface area contributed by atoms with E-state index in [1.54, 1.807) is 14.7 Å². The second-order valence-electron chi connectivity index (χ2n) is 28.4. The number of aliphatic hydroxyl groups is 1. The maximum atomic E-state index is 13.4. The standard InChI is InChI=1S/C48H84N2O8.C27H47NO6/c1-3-5-7-9-11-13-15-17-19-21-23-25-27-33-43(51)49-35-29-31-39(49)47(53)57-41-37-55-46-42(38-56-45(41)46)58-48(54)40-32-30-36-50(40)44(52)34-28-26-24-22-20-18-16-14-12-10-8-6-4-2;1-2-3-4-5-6-7-8-9-10-11-12-13-14-17-24(30)28-18-15-16-21(28)27(31)34-23-20-33-25-22(29)19-32-26(23)25/h39-42,45-46H,3-38H2,1-2H3;21-23,25-26,29H,2-20H2,1H3. The molecule has 7 saturated heterocycles. The predicted molar refractivity (Wildman–Crippen MR) is 360 cm³/mol. The van der Waals surface area contributed by atoms with Gasteiger partial charge in [0, 0.05) is 38.9 Å². The van der Waals surface area contributed by atoms with Crippen LogP contribution in [0.5, 0.6) is 0 Å². The van der Waals surface area contributed by atoms with Gasteiger partial charge in [-0.05, 0) is 57.8 Å². The number of hydrogen-bond acceptors (Lipinski definition) is 14. The Morgan fingerprint density at radius 2 is 0.533 bits per heavy atom. The molecule has 7 aliphatic heterocycles. The highest BCUT2D eigenvalue weighted by Gasteiger charge is 2.53. The van der Waals surface area contributed by atoms with Crippen LogP contribution in [-0.2, 0) is 61.9 Å². The lowest BCUT2D eigenvalue weighted by Gasteiger charge is -2.26. The summed E-state index contributed by atoms with van der Waals surface area (Å²) in [6, 6.07) is -1.65. The van der Waals surface area contributed by atoms with Crippen LogP contribution in [-0.4, -0.2) is 168 Å². The van der Waals surface area contributed by atoms with Gasteiger partial charge in [-0.2, -0.15) is 0 Å². The van der Waals surface area contributed by atoms with Gasteiger partial charge in [0.05, 0.1) is 26.4 Å². The van der Waals surface area contributed by atoms with Crippen molar-refractivity contribution in [1.82, 2.24) is 14.7 Å². The number of rotatable bonds is 48. The summed E-state index contributed by atoms with van der Waals surface area (Å²) in [6.45, 7) is 9.32. The van der Waals surface area contributed by atoms with E-state index in [4.69, 9.17) is 33.2 Å². The Morgan fingerprint density at radius 3 is 0.793 bits per heavy atom. The average Bonchev–Trinajstić information content (AvgIpc) is 1.66. The summed E-state index contributed by atoms with van der Waals surface area (Å²) in [7, 11) is 0. The molecule has 7 rings (SSSR count). The van der Waals surface area contributed by atoms with E-state index < -0.39 is 78.9 Å². The highest BCUT2D eigenvalue weighted by atomic mass is 16.7. The molecule has 1 N–H and O–H groups in total. The van der Waals surface area contributed by atoms with E-state index in [1.807, 2.05) is 0 Å². The van der Waals surface area contributed by atoms with E-state index >= 15 is 0 Å². The summed E-state index contributed by atoms with van der Waals surface area (Å²) in [5.74, 6) is -1.03. The van der Waals surface area contributed by atoms with Gasteiger partial charge in [0.2, 0.25) is 17.7 Å². The number of amides is 3. The number of aliphatic hydroxyl groups excluding tert-OH is 1. The molecule has 7 aliphatic rings. The van der Waals surface area contributed by atoms with Gasteiger partial charge in [0.25, 0.3) is 0 Å². The number of unbranched alkanes of at least 4 members (excludes halogenated alkanes) is 36. The molecule has 92 heavy (non-hydrogen) atoms. The topological polar surface area (TPSA) is 197 Å². The van der Waals surface area contributed by atoms with E-state index in [1.165, 1.54) is 199 Å². The molecule has 17 heteroatoms. The van der Waals surface area contributed by atoms with Crippen LogP contribution in [0.25, 0.3) is 0 Å². The number of hydrogen-bond donors (Lipinski definition) is 1. The first-order chi connectivity index (χ1) is 45.1. The maximum Gasteiger partial charge on any atom is 0.329 e. The van der Waals surface area contributed by atoms with E-state index in [9.17, 15) is 33.9 Å². The van der Waals surface area contributed by atoms with Crippen LogP contribution in [0.2, 0.25) is 0 Å². The summed E-state index contributed by atoms with van der Waals surface area (Å²) in [5.41, 5.74) is 0. The fourth-order valence-electron chi connectivity index (χ4n) is 15.1. The Balaban J connectivity index is 0.000000335. The second kappa shape index (κ2) is 46.7. The van der Waals surface area contributed by atoms with Crippen LogP contribution in [0.3, 0.4) is 0 Å². The fraction of sp³-hybridized carbons (Fsp3) is 0.920. The van der Waals surface area contributed by atoms with Crippen molar-refractivity contribution in [2.24, 2.45) is 0 Å². The fourth-order valence-corrected chi connectivity index (χ4v) is 15.1. The van der Waals surface area contributed by atoms with E-state index in [0.717, 1.165) is 70.6 Å². The van der Waals surface area contributed by atoms with Crippen molar-refractivity contribution < 1.29 is 67.0 Å². The maximum absolute atomic E-state index is 13.4. The summed E-state index contributed by atoms with van der Waals surface area (Å²) in [4.78, 5) is 83.8. The number of ether oxygens (including phenoxy) is 7. The minimum atomic E-state index is -0.668. The number of carbonyl (C=O) groups excluding carboxylic acids is 6. The molecular weight excluding hydrogens is 1170 g/mol. The Morgan fingerprint density at radius 1 is 0.315 bits per heavy atom. The first-order valence-corrected chi connectivity index (χ1v) is 38.7. The third kappa shape index (κ3) is 27.6. The predicted octanol–water partition coefficient (Wildman–Crippen LogP) is 15.1. The van der Waals surface area contributed by atoms with Crippen molar-refractivity contribution in [3.63, 3.8) is 0 Å². The molecule has 0 aromatic rings. The molecule has 17 nitrogen and oxygen atoms in total. The number of nitrogens with zero attached hydrogens (tertiary/aromatic N) is 3. The number of carbonyl (C=O) groups is 6. The number of fused-ring (bicyclic) bond motifs is 2. The molecule has 530 valence electrons.